The summed E-state index contributed by atoms with van der Waals surface area (Å²) in [7, 11) is 0. The molecule has 4 rings (SSSR count). The van der Waals surface area contributed by atoms with E-state index in [1.54, 1.807) is 28.5 Å². The maximum Gasteiger partial charge on any atom is 0.358 e. The molecule has 0 saturated carbocycles. The van der Waals surface area contributed by atoms with Crippen molar-refractivity contribution in [3.8, 4) is 9.88 Å². The highest BCUT2D eigenvalue weighted by molar-refractivity contribution is 7.20. The van der Waals surface area contributed by atoms with Crippen LogP contribution in [-0.4, -0.2) is 29.0 Å². The van der Waals surface area contributed by atoms with Gasteiger partial charge in [-0.05, 0) is 43.3 Å². The molecule has 2 aromatic heterocycles. The molecule has 2 atom stereocenters. The Bertz CT molecular complexity index is 981. The summed E-state index contributed by atoms with van der Waals surface area (Å²) in [5, 5.41) is 4.41. The van der Waals surface area contributed by atoms with Crippen LogP contribution in [0.4, 0.5) is 5.69 Å². The van der Waals surface area contributed by atoms with Gasteiger partial charge in [-0.25, -0.2) is 9.78 Å². The first-order valence-corrected chi connectivity index (χ1v) is 10.4. The Morgan fingerprint density at radius 1 is 1.22 bits per heavy atom. The lowest BCUT2D eigenvalue weighted by atomic mass is 10.1. The SMILES string of the molecule is C[C@@H]1Cc2ccccc2N1C(=O)[C@@H](C)OC(=O)c1csc(-c2cccs2)n1. The molecule has 3 aromatic rings. The van der Waals surface area contributed by atoms with Gasteiger partial charge in [-0.1, -0.05) is 24.3 Å². The van der Waals surface area contributed by atoms with Crippen LogP contribution in [0.25, 0.3) is 9.88 Å². The first-order valence-electron chi connectivity index (χ1n) is 8.66. The third kappa shape index (κ3) is 3.40. The maximum absolute atomic E-state index is 12.9. The summed E-state index contributed by atoms with van der Waals surface area (Å²) in [6.45, 7) is 3.61. The average molecular weight is 399 g/mol. The van der Waals surface area contributed by atoms with Crippen LogP contribution >= 0.6 is 22.7 Å². The number of para-hydroxylation sites is 1. The minimum absolute atomic E-state index is 0.0424. The smallest absolute Gasteiger partial charge is 0.358 e. The second kappa shape index (κ2) is 7.25. The number of thiophene rings is 1. The number of benzene rings is 1. The minimum Gasteiger partial charge on any atom is -0.448 e. The molecule has 3 heterocycles. The summed E-state index contributed by atoms with van der Waals surface area (Å²) in [5.41, 5.74) is 2.27. The van der Waals surface area contributed by atoms with Crippen molar-refractivity contribution >= 4 is 40.2 Å². The number of anilines is 1. The number of hydrogen-bond acceptors (Lipinski definition) is 6. The van der Waals surface area contributed by atoms with Crippen LogP contribution in [0, 0.1) is 0 Å². The van der Waals surface area contributed by atoms with Gasteiger partial charge in [-0.3, -0.25) is 4.79 Å². The zero-order valence-corrected chi connectivity index (χ0v) is 16.5. The molecule has 1 aliphatic rings. The summed E-state index contributed by atoms with van der Waals surface area (Å²) >= 11 is 2.96. The second-order valence-corrected chi connectivity index (χ2v) is 8.26. The number of rotatable bonds is 4. The number of nitrogens with zero attached hydrogens (tertiary/aromatic N) is 2. The fraction of sp³-hybridized carbons (Fsp3) is 0.250. The monoisotopic (exact) mass is 398 g/mol. The molecule has 0 bridgehead atoms. The Kier molecular flexibility index (Phi) is 4.80. The molecule has 138 valence electrons. The summed E-state index contributed by atoms with van der Waals surface area (Å²) in [5.74, 6) is -0.787. The maximum atomic E-state index is 12.9. The van der Waals surface area contributed by atoms with Crippen LogP contribution in [0.1, 0.15) is 29.9 Å². The molecule has 0 N–H and O–H groups in total. The van der Waals surface area contributed by atoms with Gasteiger partial charge in [-0.2, -0.15) is 0 Å². The van der Waals surface area contributed by atoms with Crippen LogP contribution in [0.5, 0.6) is 0 Å². The van der Waals surface area contributed by atoms with Gasteiger partial charge in [-0.15, -0.1) is 22.7 Å². The van der Waals surface area contributed by atoms with Gasteiger partial charge in [0.15, 0.2) is 11.8 Å². The van der Waals surface area contributed by atoms with Crippen LogP contribution in [0.3, 0.4) is 0 Å². The largest absolute Gasteiger partial charge is 0.448 e. The van der Waals surface area contributed by atoms with Gasteiger partial charge >= 0.3 is 5.97 Å². The van der Waals surface area contributed by atoms with Crippen molar-refractivity contribution in [1.82, 2.24) is 4.98 Å². The van der Waals surface area contributed by atoms with Gasteiger partial charge in [0.05, 0.1) is 4.88 Å². The molecule has 7 heteroatoms. The zero-order chi connectivity index (χ0) is 19.0. The molecule has 1 aromatic carbocycles. The van der Waals surface area contributed by atoms with Crippen LogP contribution < -0.4 is 4.90 Å². The van der Waals surface area contributed by atoms with Gasteiger partial charge in [0, 0.05) is 17.1 Å². The van der Waals surface area contributed by atoms with Crippen LogP contribution in [0.15, 0.2) is 47.2 Å². The predicted molar refractivity (Wildman–Crippen MR) is 107 cm³/mol. The molecule has 0 radical (unpaired) electrons. The molecule has 1 aliphatic heterocycles. The fourth-order valence-electron chi connectivity index (χ4n) is 3.25. The Balaban J connectivity index is 1.47. The number of amides is 1. The first-order chi connectivity index (χ1) is 13.0. The summed E-state index contributed by atoms with van der Waals surface area (Å²) < 4.78 is 5.42. The molecule has 27 heavy (non-hydrogen) atoms. The normalized spacial score (nSPS) is 16.8. The molecule has 0 fully saturated rings. The van der Waals surface area contributed by atoms with Crippen molar-refractivity contribution in [3.05, 3.63) is 58.4 Å². The van der Waals surface area contributed by atoms with E-state index in [4.69, 9.17) is 4.74 Å². The standard InChI is InChI=1S/C20H18N2O3S2/c1-12-10-14-6-3-4-7-16(14)22(12)19(23)13(2)25-20(24)15-11-27-18(21-15)17-8-5-9-26-17/h3-9,11-13H,10H2,1-2H3/t12-,13-/m1/s1. The molecule has 0 unspecified atom stereocenters. The molecule has 1 amide bonds. The fourth-order valence-corrected chi connectivity index (χ4v) is 4.85. The average Bonchev–Trinajstić information content (AvgIpc) is 3.39. The number of carbonyl (C=O) groups is 2. The van der Waals surface area contributed by atoms with Crippen LogP contribution in [-0.2, 0) is 16.0 Å². The number of hydrogen-bond donors (Lipinski definition) is 0. The van der Waals surface area contributed by atoms with Gasteiger partial charge in [0.2, 0.25) is 0 Å². The lowest BCUT2D eigenvalue weighted by Crippen LogP contribution is -2.43. The van der Waals surface area contributed by atoms with Crippen molar-refractivity contribution in [2.24, 2.45) is 0 Å². The Labute approximate surface area is 165 Å². The predicted octanol–water partition coefficient (Wildman–Crippen LogP) is 4.39. The first kappa shape index (κ1) is 17.9. The van der Waals surface area contributed by atoms with E-state index in [0.717, 1.165) is 27.6 Å². The zero-order valence-electron chi connectivity index (χ0n) is 14.9. The van der Waals surface area contributed by atoms with E-state index in [0.29, 0.717) is 0 Å². The molecule has 0 saturated heterocycles. The summed E-state index contributed by atoms with van der Waals surface area (Å²) in [6, 6.07) is 11.8. The lowest BCUT2D eigenvalue weighted by molar-refractivity contribution is -0.126. The topological polar surface area (TPSA) is 59.5 Å². The number of thiazole rings is 1. The number of esters is 1. The second-order valence-electron chi connectivity index (χ2n) is 6.45. The van der Waals surface area contributed by atoms with Gasteiger partial charge < -0.3 is 9.64 Å². The molecule has 5 nitrogen and oxygen atoms in total. The Morgan fingerprint density at radius 3 is 2.81 bits per heavy atom. The van der Waals surface area contributed by atoms with Crippen molar-refractivity contribution in [3.63, 3.8) is 0 Å². The molecule has 0 spiro atoms. The van der Waals surface area contributed by atoms with E-state index in [2.05, 4.69) is 4.98 Å². The van der Waals surface area contributed by atoms with E-state index < -0.39 is 12.1 Å². The van der Waals surface area contributed by atoms with Gasteiger partial charge in [0.25, 0.3) is 5.91 Å². The Morgan fingerprint density at radius 2 is 2.04 bits per heavy atom. The molecular weight excluding hydrogens is 380 g/mol. The van der Waals surface area contributed by atoms with E-state index in [9.17, 15) is 9.59 Å². The van der Waals surface area contributed by atoms with Crippen molar-refractivity contribution in [2.45, 2.75) is 32.4 Å². The van der Waals surface area contributed by atoms with E-state index in [-0.39, 0.29) is 17.6 Å². The van der Waals surface area contributed by atoms with Gasteiger partial charge in [0.1, 0.15) is 5.01 Å². The summed E-state index contributed by atoms with van der Waals surface area (Å²) in [4.78, 5) is 32.4. The number of carbonyl (C=O) groups excluding carboxylic acids is 2. The van der Waals surface area contributed by atoms with E-state index in [1.807, 2.05) is 48.7 Å². The highest BCUT2D eigenvalue weighted by atomic mass is 32.1. The number of fused-ring (bicyclic) bond motifs is 1. The van der Waals surface area contributed by atoms with Crippen molar-refractivity contribution in [1.29, 1.82) is 0 Å². The quantitative estimate of drug-likeness (QED) is 0.612. The lowest BCUT2D eigenvalue weighted by Gasteiger charge is -2.25. The molecule has 0 aliphatic carbocycles. The van der Waals surface area contributed by atoms with Crippen molar-refractivity contribution in [2.75, 3.05) is 4.90 Å². The van der Waals surface area contributed by atoms with Crippen LogP contribution in [0.2, 0.25) is 0 Å². The Hall–Kier alpha value is -2.51. The van der Waals surface area contributed by atoms with E-state index in [1.165, 1.54) is 11.3 Å². The minimum atomic E-state index is -0.877. The number of aromatic nitrogens is 1. The third-order valence-electron chi connectivity index (χ3n) is 4.52. The van der Waals surface area contributed by atoms with E-state index >= 15 is 0 Å². The third-order valence-corrected chi connectivity index (χ3v) is 6.40. The van der Waals surface area contributed by atoms with Crippen molar-refractivity contribution < 1.29 is 14.3 Å². The summed E-state index contributed by atoms with van der Waals surface area (Å²) in [6.07, 6.45) is -0.0725. The highest BCUT2D eigenvalue weighted by Crippen LogP contribution is 2.33. The number of ether oxygens (including phenoxy) is 1. The molecular formula is C20H18N2O3S2. The highest BCUT2D eigenvalue weighted by Gasteiger charge is 2.34.